The van der Waals surface area contributed by atoms with Gasteiger partial charge in [-0.15, -0.1) is 23.5 Å². The van der Waals surface area contributed by atoms with Crippen molar-refractivity contribution in [1.82, 2.24) is 0 Å². The van der Waals surface area contributed by atoms with Crippen LogP contribution in [-0.4, -0.2) is 12.5 Å². The molecule has 0 atom stereocenters. The molecule has 0 aliphatic heterocycles. The van der Waals surface area contributed by atoms with E-state index in [1.165, 1.54) is 23.5 Å². The van der Waals surface area contributed by atoms with E-state index in [-0.39, 0.29) is 5.57 Å². The van der Waals surface area contributed by atoms with Crippen molar-refractivity contribution < 1.29 is 0 Å². The van der Waals surface area contributed by atoms with Crippen molar-refractivity contribution in [1.29, 1.82) is 10.5 Å². The Hall–Kier alpha value is -1.04. The highest BCUT2D eigenvalue weighted by molar-refractivity contribution is 8.21. The second kappa shape index (κ2) is 8.29. The molecule has 2 nitrogen and oxygen atoms in total. The number of nitriles is 2. The molecule has 0 aliphatic carbocycles. The van der Waals surface area contributed by atoms with Gasteiger partial charge in [0.25, 0.3) is 0 Å². The monoisotopic (exact) mass is 340 g/mol. The Morgan fingerprint density at radius 2 is 1.55 bits per heavy atom. The molecule has 0 fully saturated rings. The molecule has 0 aliphatic rings. The molecule has 0 unspecified atom stereocenters. The molecule has 0 spiro atoms. The van der Waals surface area contributed by atoms with Crippen LogP contribution in [0.1, 0.15) is 5.56 Å². The Morgan fingerprint density at radius 3 is 1.95 bits per heavy atom. The summed E-state index contributed by atoms with van der Waals surface area (Å²) in [6.45, 7) is 0. The van der Waals surface area contributed by atoms with Crippen LogP contribution in [0.15, 0.2) is 39.1 Å². The minimum atomic E-state index is -0.0158. The van der Waals surface area contributed by atoms with Crippen molar-refractivity contribution in [3.05, 3.63) is 49.7 Å². The highest BCUT2D eigenvalue weighted by Gasteiger charge is 2.16. The first-order valence-electron chi connectivity index (χ1n) is 5.37. The summed E-state index contributed by atoms with van der Waals surface area (Å²) in [5.41, 5.74) is 1.11. The van der Waals surface area contributed by atoms with Crippen LogP contribution in [0.25, 0.3) is 5.57 Å². The van der Waals surface area contributed by atoms with E-state index in [1.54, 1.807) is 24.3 Å². The molecule has 102 valence electrons. The summed E-state index contributed by atoms with van der Waals surface area (Å²) in [6, 6.07) is 10.7. The molecule has 1 rings (SSSR count). The van der Waals surface area contributed by atoms with Gasteiger partial charge >= 0.3 is 0 Å². The third-order valence-electron chi connectivity index (χ3n) is 2.38. The molecule has 1 aromatic rings. The van der Waals surface area contributed by atoms with Gasteiger partial charge in [0.2, 0.25) is 0 Å². The van der Waals surface area contributed by atoms with Crippen molar-refractivity contribution in [2.45, 2.75) is 0 Å². The first-order valence-corrected chi connectivity index (χ1v) is 8.58. The van der Waals surface area contributed by atoms with Crippen LogP contribution in [0.4, 0.5) is 0 Å². The zero-order chi connectivity index (χ0) is 15.1. The largest absolute Gasteiger partial charge is 0.192 e. The minimum Gasteiger partial charge on any atom is -0.192 e. The van der Waals surface area contributed by atoms with Crippen LogP contribution < -0.4 is 0 Å². The lowest BCUT2D eigenvalue weighted by Crippen LogP contribution is -1.92. The Balaban J connectivity index is 3.59. The van der Waals surface area contributed by atoms with Gasteiger partial charge in [-0.05, 0) is 30.2 Å². The number of thioether (sulfide) groups is 2. The number of nitrogens with zero attached hydrogens (tertiary/aromatic N) is 2. The number of allylic oxidation sites excluding steroid dienone is 3. The van der Waals surface area contributed by atoms with Gasteiger partial charge < -0.3 is 0 Å². The summed E-state index contributed by atoms with van der Waals surface area (Å²) < 4.78 is 0.847. The van der Waals surface area contributed by atoms with E-state index in [0.717, 1.165) is 4.24 Å². The standard InChI is InChI=1S/C14H10Cl2N2S2/c1-19-14(20-2)13(16)12(10(7-17)8-18)9-3-5-11(15)6-4-9/h3-6H,1-2H3. The number of hydrogen-bond acceptors (Lipinski definition) is 4. The molecule has 6 heteroatoms. The van der Waals surface area contributed by atoms with Crippen LogP contribution >= 0.6 is 46.7 Å². The van der Waals surface area contributed by atoms with Crippen molar-refractivity contribution in [3.8, 4) is 12.1 Å². The first kappa shape index (κ1) is 17.0. The summed E-state index contributed by atoms with van der Waals surface area (Å²) in [6.07, 6.45) is 3.79. The Kier molecular flexibility index (Phi) is 7.05. The van der Waals surface area contributed by atoms with Gasteiger partial charge in [-0.2, -0.15) is 10.5 Å². The third-order valence-corrected chi connectivity index (χ3v) is 5.38. The van der Waals surface area contributed by atoms with Gasteiger partial charge in [0.15, 0.2) is 0 Å². The maximum absolute atomic E-state index is 9.14. The summed E-state index contributed by atoms with van der Waals surface area (Å²) in [5, 5.41) is 19.3. The van der Waals surface area contributed by atoms with E-state index < -0.39 is 0 Å². The molecule has 0 amide bonds. The fourth-order valence-corrected chi connectivity index (χ4v) is 3.52. The topological polar surface area (TPSA) is 47.6 Å². The van der Waals surface area contributed by atoms with Gasteiger partial charge in [-0.1, -0.05) is 35.3 Å². The first-order chi connectivity index (χ1) is 9.58. The average molecular weight is 341 g/mol. The molecule has 0 aromatic heterocycles. The summed E-state index contributed by atoms with van der Waals surface area (Å²) >= 11 is 15.2. The predicted molar refractivity (Wildman–Crippen MR) is 89.5 cm³/mol. The maximum atomic E-state index is 9.14. The Morgan fingerprint density at radius 1 is 1.05 bits per heavy atom. The Bertz CT molecular complexity index is 613. The summed E-state index contributed by atoms with van der Waals surface area (Å²) in [5.74, 6) is 0. The molecule has 0 bridgehead atoms. The van der Waals surface area contributed by atoms with E-state index >= 15 is 0 Å². The molecular formula is C14H10Cl2N2S2. The van der Waals surface area contributed by atoms with E-state index in [0.29, 0.717) is 21.2 Å². The predicted octanol–water partition coefficient (Wildman–Crippen LogP) is 5.27. The van der Waals surface area contributed by atoms with Crippen LogP contribution in [0.5, 0.6) is 0 Å². The molecule has 1 aromatic carbocycles. The number of rotatable bonds is 4. The minimum absolute atomic E-state index is 0.0158. The second-order valence-electron chi connectivity index (χ2n) is 3.49. The van der Waals surface area contributed by atoms with E-state index in [4.69, 9.17) is 33.7 Å². The van der Waals surface area contributed by atoms with Gasteiger partial charge in [-0.3, -0.25) is 0 Å². The summed E-state index contributed by atoms with van der Waals surface area (Å²) in [4.78, 5) is 0. The molecule has 0 radical (unpaired) electrons. The lowest BCUT2D eigenvalue weighted by molar-refractivity contribution is 1.45. The van der Waals surface area contributed by atoms with Crippen LogP contribution in [0.3, 0.4) is 0 Å². The zero-order valence-electron chi connectivity index (χ0n) is 10.8. The van der Waals surface area contributed by atoms with Crippen molar-refractivity contribution >= 4 is 52.3 Å². The fourth-order valence-electron chi connectivity index (χ4n) is 1.50. The van der Waals surface area contributed by atoms with Crippen LogP contribution in [0, 0.1) is 22.7 Å². The molecule has 20 heavy (non-hydrogen) atoms. The van der Waals surface area contributed by atoms with Crippen molar-refractivity contribution in [2.75, 3.05) is 12.5 Å². The number of benzene rings is 1. The van der Waals surface area contributed by atoms with Crippen molar-refractivity contribution in [3.63, 3.8) is 0 Å². The van der Waals surface area contributed by atoms with E-state index in [9.17, 15) is 0 Å². The fraction of sp³-hybridized carbons (Fsp3) is 0.143. The smallest absolute Gasteiger partial charge is 0.139 e. The lowest BCUT2D eigenvalue weighted by atomic mass is 10.0. The molecule has 0 N–H and O–H groups in total. The van der Waals surface area contributed by atoms with Gasteiger partial charge in [-0.25, -0.2) is 0 Å². The molecule has 0 saturated heterocycles. The SMILES string of the molecule is CSC(SC)=C(Cl)C(=C(C#N)C#N)c1ccc(Cl)cc1. The van der Waals surface area contributed by atoms with Gasteiger partial charge in [0, 0.05) is 10.6 Å². The molecular weight excluding hydrogens is 331 g/mol. The number of hydrogen-bond donors (Lipinski definition) is 0. The lowest BCUT2D eigenvalue weighted by Gasteiger charge is -2.11. The highest BCUT2D eigenvalue weighted by Crippen LogP contribution is 2.39. The second-order valence-corrected chi connectivity index (χ2v) is 6.20. The van der Waals surface area contributed by atoms with E-state index in [1.807, 2.05) is 24.6 Å². The third kappa shape index (κ3) is 3.98. The van der Waals surface area contributed by atoms with Crippen LogP contribution in [-0.2, 0) is 0 Å². The number of halogens is 2. The normalized spacial score (nSPS) is 9.30. The van der Waals surface area contributed by atoms with Gasteiger partial charge in [0.05, 0.1) is 9.27 Å². The highest BCUT2D eigenvalue weighted by atomic mass is 35.5. The van der Waals surface area contributed by atoms with Crippen molar-refractivity contribution in [2.24, 2.45) is 0 Å². The van der Waals surface area contributed by atoms with Gasteiger partial charge in [0.1, 0.15) is 17.7 Å². The average Bonchev–Trinajstić information content (AvgIpc) is 2.47. The molecule has 0 heterocycles. The molecule has 0 saturated carbocycles. The maximum Gasteiger partial charge on any atom is 0.139 e. The zero-order valence-corrected chi connectivity index (χ0v) is 13.9. The van der Waals surface area contributed by atoms with E-state index in [2.05, 4.69) is 0 Å². The quantitative estimate of drug-likeness (QED) is 0.552. The Labute approximate surface area is 137 Å². The van der Waals surface area contributed by atoms with Crippen LogP contribution in [0.2, 0.25) is 5.02 Å². The summed E-state index contributed by atoms with van der Waals surface area (Å²) in [7, 11) is 0.